The predicted octanol–water partition coefficient (Wildman–Crippen LogP) is 2.43. The maximum atomic E-state index is 12.3. The molecule has 0 amide bonds. The topological polar surface area (TPSA) is 62.5 Å². The molecule has 2 rings (SSSR count). The molecule has 0 saturated carbocycles. The number of halogens is 3. The average molecular weight is 250 g/mol. The molecule has 0 bridgehead atoms. The summed E-state index contributed by atoms with van der Waals surface area (Å²) >= 11 is 0. The maximum absolute atomic E-state index is 12.3. The molecule has 0 fully saturated rings. The normalized spacial score (nSPS) is 11.0. The van der Waals surface area contributed by atoms with Crippen molar-refractivity contribution < 1.29 is 13.2 Å². The Kier molecular flexibility index (Phi) is 2.93. The van der Waals surface area contributed by atoms with Crippen LogP contribution in [0.1, 0.15) is 11.3 Å². The molecule has 18 heavy (non-hydrogen) atoms. The minimum Gasteiger partial charge on any atom is -0.254 e. The van der Waals surface area contributed by atoms with Crippen LogP contribution in [-0.4, -0.2) is 15.0 Å². The molecule has 0 aliphatic heterocycles. The summed E-state index contributed by atoms with van der Waals surface area (Å²) in [6.45, 7) is 0. The zero-order chi connectivity index (χ0) is 13.2. The second kappa shape index (κ2) is 4.41. The minimum absolute atomic E-state index is 0.127. The van der Waals surface area contributed by atoms with Crippen molar-refractivity contribution in [2.75, 3.05) is 0 Å². The summed E-state index contributed by atoms with van der Waals surface area (Å²) in [5.74, 6) is 0. The van der Waals surface area contributed by atoms with Gasteiger partial charge in [0.25, 0.3) is 0 Å². The smallest absolute Gasteiger partial charge is 0.254 e. The van der Waals surface area contributed by atoms with Crippen molar-refractivity contribution in [3.8, 4) is 17.5 Å². The molecule has 0 aliphatic carbocycles. The van der Waals surface area contributed by atoms with E-state index < -0.39 is 11.7 Å². The van der Waals surface area contributed by atoms with E-state index in [0.717, 1.165) is 18.6 Å². The SMILES string of the molecule is N#Cc1cc(-c2ccc(C(F)(F)F)cn2)ncn1. The van der Waals surface area contributed by atoms with Gasteiger partial charge in [0.2, 0.25) is 0 Å². The van der Waals surface area contributed by atoms with Gasteiger partial charge in [-0.25, -0.2) is 9.97 Å². The van der Waals surface area contributed by atoms with E-state index in [-0.39, 0.29) is 11.4 Å². The molecular weight excluding hydrogens is 245 g/mol. The molecule has 0 radical (unpaired) electrons. The van der Waals surface area contributed by atoms with Crippen LogP contribution in [0.2, 0.25) is 0 Å². The highest BCUT2D eigenvalue weighted by atomic mass is 19.4. The second-order valence-corrected chi connectivity index (χ2v) is 3.33. The summed E-state index contributed by atoms with van der Waals surface area (Å²) in [6.07, 6.45) is -2.54. The predicted molar refractivity (Wildman–Crippen MR) is 55.0 cm³/mol. The fourth-order valence-corrected chi connectivity index (χ4v) is 1.27. The van der Waals surface area contributed by atoms with Crippen molar-refractivity contribution in [2.24, 2.45) is 0 Å². The van der Waals surface area contributed by atoms with E-state index in [1.54, 1.807) is 0 Å². The standard InChI is InChI=1S/C11H5F3N4/c12-11(13,14)7-1-2-9(16-5-7)10-3-8(4-15)17-6-18-10/h1-3,5-6H. The van der Waals surface area contributed by atoms with Gasteiger partial charge < -0.3 is 0 Å². The highest BCUT2D eigenvalue weighted by Gasteiger charge is 2.30. The van der Waals surface area contributed by atoms with Crippen molar-refractivity contribution in [1.82, 2.24) is 15.0 Å². The van der Waals surface area contributed by atoms with E-state index in [0.29, 0.717) is 5.69 Å². The number of aromatic nitrogens is 3. The Morgan fingerprint density at radius 3 is 2.39 bits per heavy atom. The highest BCUT2D eigenvalue weighted by molar-refractivity contribution is 5.55. The van der Waals surface area contributed by atoms with Gasteiger partial charge in [-0.2, -0.15) is 18.4 Å². The Morgan fingerprint density at radius 2 is 1.83 bits per heavy atom. The second-order valence-electron chi connectivity index (χ2n) is 3.33. The van der Waals surface area contributed by atoms with E-state index in [1.807, 2.05) is 6.07 Å². The monoisotopic (exact) mass is 250 g/mol. The summed E-state index contributed by atoms with van der Waals surface area (Å²) in [4.78, 5) is 11.2. The van der Waals surface area contributed by atoms with Crippen LogP contribution in [0, 0.1) is 11.3 Å². The van der Waals surface area contributed by atoms with Crippen LogP contribution < -0.4 is 0 Å². The quantitative estimate of drug-likeness (QED) is 0.779. The van der Waals surface area contributed by atoms with Gasteiger partial charge in [0.15, 0.2) is 0 Å². The lowest BCUT2D eigenvalue weighted by molar-refractivity contribution is -0.137. The number of nitrogens with zero attached hydrogens (tertiary/aromatic N) is 4. The molecule has 4 nitrogen and oxygen atoms in total. The first-order chi connectivity index (χ1) is 8.50. The van der Waals surface area contributed by atoms with Gasteiger partial charge in [-0.15, -0.1) is 0 Å². The fraction of sp³-hybridized carbons (Fsp3) is 0.0909. The van der Waals surface area contributed by atoms with Crippen LogP contribution in [0.3, 0.4) is 0 Å². The minimum atomic E-state index is -4.42. The molecule has 0 spiro atoms. The lowest BCUT2D eigenvalue weighted by Gasteiger charge is -2.06. The third-order valence-electron chi connectivity index (χ3n) is 2.13. The molecule has 0 aliphatic rings. The van der Waals surface area contributed by atoms with Crippen molar-refractivity contribution in [3.05, 3.63) is 42.0 Å². The van der Waals surface area contributed by atoms with Crippen LogP contribution >= 0.6 is 0 Å². The zero-order valence-electron chi connectivity index (χ0n) is 8.81. The molecule has 2 aromatic heterocycles. The Morgan fingerprint density at radius 1 is 1.06 bits per heavy atom. The molecule has 0 aromatic carbocycles. The summed E-state index contributed by atoms with van der Waals surface area (Å²) in [5, 5.41) is 8.65. The maximum Gasteiger partial charge on any atom is 0.417 e. The molecule has 0 atom stereocenters. The van der Waals surface area contributed by atoms with Crippen molar-refractivity contribution in [1.29, 1.82) is 5.26 Å². The van der Waals surface area contributed by atoms with Gasteiger partial charge in [-0.05, 0) is 12.1 Å². The largest absolute Gasteiger partial charge is 0.417 e. The molecule has 2 aromatic rings. The van der Waals surface area contributed by atoms with Crippen LogP contribution in [0.5, 0.6) is 0 Å². The Labute approximate surface area is 99.8 Å². The number of rotatable bonds is 1. The van der Waals surface area contributed by atoms with Gasteiger partial charge in [-0.3, -0.25) is 4.98 Å². The fourth-order valence-electron chi connectivity index (χ4n) is 1.27. The third-order valence-corrected chi connectivity index (χ3v) is 2.13. The lowest BCUT2D eigenvalue weighted by Crippen LogP contribution is -2.05. The van der Waals surface area contributed by atoms with E-state index >= 15 is 0 Å². The van der Waals surface area contributed by atoms with Crippen LogP contribution in [0.4, 0.5) is 13.2 Å². The Hall–Kier alpha value is -2.49. The highest BCUT2D eigenvalue weighted by Crippen LogP contribution is 2.29. The zero-order valence-corrected chi connectivity index (χ0v) is 8.81. The summed E-state index contributed by atoms with van der Waals surface area (Å²) in [6, 6.07) is 5.28. The van der Waals surface area contributed by atoms with E-state index in [4.69, 9.17) is 5.26 Å². The van der Waals surface area contributed by atoms with E-state index in [1.165, 1.54) is 12.1 Å². The van der Waals surface area contributed by atoms with Gasteiger partial charge in [0.1, 0.15) is 18.1 Å². The van der Waals surface area contributed by atoms with Gasteiger partial charge in [0, 0.05) is 12.3 Å². The Bertz CT molecular complexity index is 599. The molecular formula is C11H5F3N4. The Balaban J connectivity index is 2.38. The molecule has 2 heterocycles. The molecule has 0 N–H and O–H groups in total. The van der Waals surface area contributed by atoms with E-state index in [9.17, 15) is 13.2 Å². The summed E-state index contributed by atoms with van der Waals surface area (Å²) < 4.78 is 37.0. The molecule has 0 saturated heterocycles. The third kappa shape index (κ3) is 2.43. The first-order valence-electron chi connectivity index (χ1n) is 4.76. The number of pyridine rings is 1. The van der Waals surface area contributed by atoms with E-state index in [2.05, 4.69) is 15.0 Å². The number of hydrogen-bond donors (Lipinski definition) is 0. The first kappa shape index (κ1) is 12.0. The van der Waals surface area contributed by atoms with Crippen LogP contribution in [0.25, 0.3) is 11.4 Å². The van der Waals surface area contributed by atoms with Crippen LogP contribution in [0.15, 0.2) is 30.7 Å². The van der Waals surface area contributed by atoms with Gasteiger partial charge in [-0.1, -0.05) is 0 Å². The number of alkyl halides is 3. The number of nitriles is 1. The van der Waals surface area contributed by atoms with Crippen molar-refractivity contribution in [3.63, 3.8) is 0 Å². The summed E-state index contributed by atoms with van der Waals surface area (Å²) in [7, 11) is 0. The molecule has 7 heteroatoms. The van der Waals surface area contributed by atoms with Crippen LogP contribution in [-0.2, 0) is 6.18 Å². The first-order valence-corrected chi connectivity index (χ1v) is 4.76. The average Bonchev–Trinajstić information content (AvgIpc) is 2.38. The van der Waals surface area contributed by atoms with Crippen molar-refractivity contribution in [2.45, 2.75) is 6.18 Å². The molecule has 0 unspecified atom stereocenters. The summed E-state index contributed by atoms with van der Waals surface area (Å²) in [5.41, 5.74) is -0.153. The lowest BCUT2D eigenvalue weighted by atomic mass is 10.2. The van der Waals surface area contributed by atoms with Crippen molar-refractivity contribution >= 4 is 0 Å². The molecule has 90 valence electrons. The number of hydrogen-bond acceptors (Lipinski definition) is 4. The van der Waals surface area contributed by atoms with Gasteiger partial charge >= 0.3 is 6.18 Å². The van der Waals surface area contributed by atoms with Gasteiger partial charge in [0.05, 0.1) is 17.0 Å².